The van der Waals surface area contributed by atoms with E-state index in [0.29, 0.717) is 19.6 Å². The summed E-state index contributed by atoms with van der Waals surface area (Å²) in [4.78, 5) is 0. The summed E-state index contributed by atoms with van der Waals surface area (Å²) in [5.41, 5.74) is 0.986. The van der Waals surface area contributed by atoms with Gasteiger partial charge >= 0.3 is 0 Å². The first kappa shape index (κ1) is 20.3. The molecular weight excluding hydrogens is 310 g/mol. The fourth-order valence-corrected chi connectivity index (χ4v) is 3.20. The first-order chi connectivity index (χ1) is 9.49. The summed E-state index contributed by atoms with van der Waals surface area (Å²) < 4.78 is 28.6. The topological polar surface area (TPSA) is 61.4 Å². The molecule has 1 aromatic rings. The molecule has 0 spiro atoms. The van der Waals surface area contributed by atoms with Gasteiger partial charge in [0.15, 0.2) is 0 Å². The molecule has 0 aromatic heterocycles. The van der Waals surface area contributed by atoms with Gasteiger partial charge in [-0.25, -0.2) is 4.72 Å². The molecule has 0 aliphatic rings. The molecule has 0 unspecified atom stereocenters. The van der Waals surface area contributed by atoms with E-state index in [9.17, 15) is 8.42 Å². The highest BCUT2D eigenvalue weighted by Crippen LogP contribution is 2.07. The second-order valence-corrected chi connectivity index (χ2v) is 6.48. The van der Waals surface area contributed by atoms with Crippen molar-refractivity contribution in [3.63, 3.8) is 0 Å². The number of hydrogen-bond donors (Lipinski definition) is 2. The molecule has 2 N–H and O–H groups in total. The molecule has 1 rings (SSSR count). The van der Waals surface area contributed by atoms with Gasteiger partial charge in [-0.05, 0) is 19.0 Å². The maximum atomic E-state index is 12.3. The Kier molecular flexibility index (Phi) is 9.81. The van der Waals surface area contributed by atoms with Crippen LogP contribution in [0.2, 0.25) is 0 Å². The third-order valence-electron chi connectivity index (χ3n) is 3.02. The molecule has 0 fully saturated rings. The lowest BCUT2D eigenvalue weighted by molar-refractivity contribution is 0.410. The number of likely N-dealkylation sites (N-methyl/N-ethyl adjacent to an activating group) is 1. The summed E-state index contributed by atoms with van der Waals surface area (Å²) in [5, 5.41) is 3.18. The van der Waals surface area contributed by atoms with Gasteiger partial charge in [0.05, 0.1) is 0 Å². The lowest BCUT2D eigenvalue weighted by Crippen LogP contribution is -2.45. The highest BCUT2D eigenvalue weighted by Gasteiger charge is 2.20. The summed E-state index contributed by atoms with van der Waals surface area (Å²) in [6, 6.07) is 9.72. The van der Waals surface area contributed by atoms with Crippen LogP contribution >= 0.6 is 12.4 Å². The van der Waals surface area contributed by atoms with E-state index < -0.39 is 10.2 Å². The fraction of sp³-hybridized carbons (Fsp3) is 0.571. The summed E-state index contributed by atoms with van der Waals surface area (Å²) in [6.07, 6.45) is 0. The minimum absolute atomic E-state index is 0. The standard InChI is InChI=1S/C14H25N3O2S.ClH/c1-4-15-13(3)11-16-20(18,19)17(5-2)12-14-9-7-6-8-10-14;/h6-10,13,15-16H,4-5,11-12H2,1-3H3;1H/t13-;/m1./s1. The van der Waals surface area contributed by atoms with Gasteiger partial charge < -0.3 is 5.32 Å². The van der Waals surface area contributed by atoms with Gasteiger partial charge in [-0.3, -0.25) is 0 Å². The maximum absolute atomic E-state index is 12.3. The molecule has 7 heteroatoms. The van der Waals surface area contributed by atoms with E-state index in [1.54, 1.807) is 0 Å². The molecule has 0 heterocycles. The third-order valence-corrected chi connectivity index (χ3v) is 4.62. The Balaban J connectivity index is 0.00000400. The highest BCUT2D eigenvalue weighted by atomic mass is 35.5. The van der Waals surface area contributed by atoms with Gasteiger partial charge in [0, 0.05) is 25.7 Å². The average molecular weight is 336 g/mol. The molecule has 122 valence electrons. The van der Waals surface area contributed by atoms with Crippen molar-refractivity contribution >= 4 is 22.6 Å². The van der Waals surface area contributed by atoms with Crippen LogP contribution in [0, 0.1) is 0 Å². The van der Waals surface area contributed by atoms with Crippen LogP contribution in [0.3, 0.4) is 0 Å². The van der Waals surface area contributed by atoms with Crippen LogP contribution in [0.25, 0.3) is 0 Å². The molecule has 0 radical (unpaired) electrons. The fourth-order valence-electron chi connectivity index (χ4n) is 1.90. The largest absolute Gasteiger partial charge is 0.313 e. The van der Waals surface area contributed by atoms with Crippen LogP contribution in [0.1, 0.15) is 26.3 Å². The first-order valence-electron chi connectivity index (χ1n) is 7.01. The zero-order valence-electron chi connectivity index (χ0n) is 12.9. The summed E-state index contributed by atoms with van der Waals surface area (Å²) >= 11 is 0. The Morgan fingerprint density at radius 2 is 1.81 bits per heavy atom. The quantitative estimate of drug-likeness (QED) is 0.723. The van der Waals surface area contributed by atoms with E-state index in [4.69, 9.17) is 0 Å². The van der Waals surface area contributed by atoms with Crippen molar-refractivity contribution in [3.05, 3.63) is 35.9 Å². The van der Waals surface area contributed by atoms with E-state index in [-0.39, 0.29) is 18.4 Å². The van der Waals surface area contributed by atoms with Gasteiger partial charge in [0.1, 0.15) is 0 Å². The number of nitrogens with zero attached hydrogens (tertiary/aromatic N) is 1. The molecular formula is C14H26ClN3O2S. The number of benzene rings is 1. The van der Waals surface area contributed by atoms with Crippen LogP contribution in [0.4, 0.5) is 0 Å². The van der Waals surface area contributed by atoms with Crippen LogP contribution in [0.5, 0.6) is 0 Å². The number of nitrogens with one attached hydrogen (secondary N) is 2. The lowest BCUT2D eigenvalue weighted by atomic mass is 10.2. The van der Waals surface area contributed by atoms with Gasteiger partial charge in [-0.2, -0.15) is 12.7 Å². The van der Waals surface area contributed by atoms with E-state index in [1.165, 1.54) is 4.31 Å². The minimum atomic E-state index is -3.44. The van der Waals surface area contributed by atoms with Crippen LogP contribution in [0.15, 0.2) is 30.3 Å². The van der Waals surface area contributed by atoms with Crippen molar-refractivity contribution in [1.29, 1.82) is 0 Å². The first-order valence-corrected chi connectivity index (χ1v) is 8.45. The van der Waals surface area contributed by atoms with Crippen molar-refractivity contribution in [2.75, 3.05) is 19.6 Å². The molecule has 0 aliphatic carbocycles. The van der Waals surface area contributed by atoms with Crippen molar-refractivity contribution < 1.29 is 8.42 Å². The van der Waals surface area contributed by atoms with Crippen molar-refractivity contribution in [1.82, 2.24) is 14.3 Å². The minimum Gasteiger partial charge on any atom is -0.313 e. The van der Waals surface area contributed by atoms with Crippen molar-refractivity contribution in [2.24, 2.45) is 0 Å². The van der Waals surface area contributed by atoms with E-state index in [0.717, 1.165) is 12.1 Å². The average Bonchev–Trinajstić information content (AvgIpc) is 2.44. The van der Waals surface area contributed by atoms with Crippen LogP contribution in [-0.2, 0) is 16.8 Å². The lowest BCUT2D eigenvalue weighted by Gasteiger charge is -2.22. The normalized spacial score (nSPS) is 13.0. The molecule has 1 atom stereocenters. The maximum Gasteiger partial charge on any atom is 0.279 e. The van der Waals surface area contributed by atoms with E-state index in [2.05, 4.69) is 10.0 Å². The molecule has 21 heavy (non-hydrogen) atoms. The molecule has 5 nitrogen and oxygen atoms in total. The van der Waals surface area contributed by atoms with Crippen molar-refractivity contribution in [3.8, 4) is 0 Å². The number of hydrogen-bond acceptors (Lipinski definition) is 3. The van der Waals surface area contributed by atoms with Gasteiger partial charge in [0.25, 0.3) is 10.2 Å². The third kappa shape index (κ3) is 7.24. The Labute approximate surface area is 134 Å². The zero-order valence-corrected chi connectivity index (χ0v) is 14.5. The Morgan fingerprint density at radius 3 is 2.33 bits per heavy atom. The van der Waals surface area contributed by atoms with E-state index >= 15 is 0 Å². The smallest absolute Gasteiger partial charge is 0.279 e. The molecule has 1 aromatic carbocycles. The molecule has 0 bridgehead atoms. The van der Waals surface area contributed by atoms with Crippen LogP contribution < -0.4 is 10.0 Å². The van der Waals surface area contributed by atoms with Gasteiger partial charge in [-0.1, -0.05) is 44.2 Å². The number of halogens is 1. The zero-order chi connectivity index (χ0) is 15.0. The Hall–Kier alpha value is -0.660. The van der Waals surface area contributed by atoms with Crippen molar-refractivity contribution in [2.45, 2.75) is 33.4 Å². The summed E-state index contributed by atoms with van der Waals surface area (Å²) in [7, 11) is -3.44. The molecule has 0 saturated heterocycles. The molecule has 0 saturated carbocycles. The number of rotatable bonds is 9. The SMILES string of the molecule is CCN[C@H](C)CNS(=O)(=O)N(CC)Cc1ccccc1.Cl. The Bertz CT molecular complexity index is 482. The van der Waals surface area contributed by atoms with E-state index in [1.807, 2.05) is 51.1 Å². The highest BCUT2D eigenvalue weighted by molar-refractivity contribution is 7.87. The van der Waals surface area contributed by atoms with Gasteiger partial charge in [-0.15, -0.1) is 12.4 Å². The second kappa shape index (κ2) is 10.1. The van der Waals surface area contributed by atoms with Crippen LogP contribution in [-0.4, -0.2) is 38.4 Å². The van der Waals surface area contributed by atoms with Gasteiger partial charge in [0.2, 0.25) is 0 Å². The predicted octanol–water partition coefficient (Wildman–Crippen LogP) is 1.76. The summed E-state index contributed by atoms with van der Waals surface area (Å²) in [6.45, 7) is 7.85. The molecule has 0 aliphatic heterocycles. The molecule has 0 amide bonds. The predicted molar refractivity (Wildman–Crippen MR) is 89.8 cm³/mol. The second-order valence-electron chi connectivity index (χ2n) is 4.72. The Morgan fingerprint density at radius 1 is 1.19 bits per heavy atom. The summed E-state index contributed by atoms with van der Waals surface area (Å²) in [5.74, 6) is 0. The monoisotopic (exact) mass is 335 g/mol.